The highest BCUT2D eigenvalue weighted by atomic mass is 79.9. The molecule has 2 fully saturated rings. The molecule has 2 aliphatic rings. The Morgan fingerprint density at radius 1 is 0.742 bits per heavy atom. The fourth-order valence-corrected chi connectivity index (χ4v) is 4.83. The maximum absolute atomic E-state index is 12.8. The minimum absolute atomic E-state index is 0.290. The summed E-state index contributed by atoms with van der Waals surface area (Å²) in [4.78, 5) is 22.2. The Morgan fingerprint density at radius 3 is 2.06 bits per heavy atom. The molecule has 0 atom stereocenters. The van der Waals surface area contributed by atoms with E-state index in [1.54, 1.807) is 0 Å². The van der Waals surface area contributed by atoms with Gasteiger partial charge in [-0.25, -0.2) is 0 Å². The van der Waals surface area contributed by atoms with Gasteiger partial charge in [-0.3, -0.25) is 14.6 Å². The van der Waals surface area contributed by atoms with Crippen LogP contribution in [0.25, 0.3) is 0 Å². The standard InChI is InChI=1S/C25H33BrN4O/c26-24-9-5-4-8-23(24)20-28-16-18-30(19-17-28)25(31)21-29-14-12-27(13-15-29)11-10-22-6-2-1-3-7-22/h1-9H,10-21H2. The lowest BCUT2D eigenvalue weighted by Crippen LogP contribution is -2.53. The Hall–Kier alpha value is -1.73. The molecule has 2 heterocycles. The molecule has 5 nitrogen and oxygen atoms in total. The van der Waals surface area contributed by atoms with Crippen molar-refractivity contribution in [2.45, 2.75) is 13.0 Å². The van der Waals surface area contributed by atoms with Crippen LogP contribution in [0.4, 0.5) is 0 Å². The van der Waals surface area contributed by atoms with E-state index in [1.165, 1.54) is 11.1 Å². The second kappa shape index (κ2) is 11.2. The van der Waals surface area contributed by atoms with Crippen LogP contribution in [-0.4, -0.2) is 91.0 Å². The number of amides is 1. The summed E-state index contributed by atoms with van der Waals surface area (Å²) in [5.41, 5.74) is 2.71. The van der Waals surface area contributed by atoms with Crippen LogP contribution in [-0.2, 0) is 17.8 Å². The van der Waals surface area contributed by atoms with E-state index in [1.807, 2.05) is 6.07 Å². The zero-order chi connectivity index (χ0) is 21.5. The molecule has 1 amide bonds. The number of piperazine rings is 2. The molecule has 0 N–H and O–H groups in total. The maximum Gasteiger partial charge on any atom is 0.236 e. The Kier molecular flexibility index (Phi) is 8.14. The van der Waals surface area contributed by atoms with E-state index in [9.17, 15) is 4.79 Å². The Bertz CT molecular complexity index is 830. The number of halogens is 1. The number of carbonyl (C=O) groups is 1. The first-order valence-corrected chi connectivity index (χ1v) is 12.2. The summed E-state index contributed by atoms with van der Waals surface area (Å²) >= 11 is 3.64. The SMILES string of the molecule is O=C(CN1CCN(CCc2ccccc2)CC1)N1CCN(Cc2ccccc2Br)CC1. The molecule has 2 saturated heterocycles. The number of benzene rings is 2. The van der Waals surface area contributed by atoms with Crippen LogP contribution in [0.1, 0.15) is 11.1 Å². The van der Waals surface area contributed by atoms with Crippen molar-refractivity contribution in [3.63, 3.8) is 0 Å². The highest BCUT2D eigenvalue weighted by Crippen LogP contribution is 2.18. The number of rotatable bonds is 7. The molecule has 166 valence electrons. The molecule has 6 heteroatoms. The molecule has 2 aliphatic heterocycles. The third kappa shape index (κ3) is 6.62. The number of hydrogen-bond donors (Lipinski definition) is 0. The van der Waals surface area contributed by atoms with Crippen molar-refractivity contribution in [1.29, 1.82) is 0 Å². The van der Waals surface area contributed by atoms with Crippen LogP contribution < -0.4 is 0 Å². The molecule has 0 aliphatic carbocycles. The first kappa shape index (κ1) is 22.5. The van der Waals surface area contributed by atoms with Crippen LogP contribution in [0.15, 0.2) is 59.1 Å². The molecule has 2 aromatic carbocycles. The van der Waals surface area contributed by atoms with Gasteiger partial charge < -0.3 is 9.80 Å². The summed E-state index contributed by atoms with van der Waals surface area (Å²) in [5.74, 6) is 0.290. The lowest BCUT2D eigenvalue weighted by molar-refractivity contribution is -0.134. The first-order valence-electron chi connectivity index (χ1n) is 11.4. The van der Waals surface area contributed by atoms with E-state index >= 15 is 0 Å². The van der Waals surface area contributed by atoms with Crippen molar-refractivity contribution in [1.82, 2.24) is 19.6 Å². The van der Waals surface area contributed by atoms with Crippen LogP contribution >= 0.6 is 15.9 Å². The highest BCUT2D eigenvalue weighted by molar-refractivity contribution is 9.10. The average Bonchev–Trinajstić information content (AvgIpc) is 2.81. The van der Waals surface area contributed by atoms with Gasteiger partial charge in [-0.2, -0.15) is 0 Å². The van der Waals surface area contributed by atoms with Crippen molar-refractivity contribution in [3.8, 4) is 0 Å². The van der Waals surface area contributed by atoms with Gasteiger partial charge in [-0.05, 0) is 23.6 Å². The van der Waals surface area contributed by atoms with E-state index < -0.39 is 0 Å². The summed E-state index contributed by atoms with van der Waals surface area (Å²) in [6.45, 7) is 10.3. The topological polar surface area (TPSA) is 30.0 Å². The van der Waals surface area contributed by atoms with Crippen molar-refractivity contribution < 1.29 is 4.79 Å². The summed E-state index contributed by atoms with van der Waals surface area (Å²) in [7, 11) is 0. The van der Waals surface area contributed by atoms with Gasteiger partial charge in [0.1, 0.15) is 0 Å². The summed E-state index contributed by atoms with van der Waals surface area (Å²) in [6.07, 6.45) is 1.10. The smallest absolute Gasteiger partial charge is 0.236 e. The molecule has 4 rings (SSSR count). The largest absolute Gasteiger partial charge is 0.339 e. The first-order chi connectivity index (χ1) is 15.2. The van der Waals surface area contributed by atoms with E-state index in [0.29, 0.717) is 12.5 Å². The molecule has 0 radical (unpaired) electrons. The second-order valence-corrected chi connectivity index (χ2v) is 9.46. The van der Waals surface area contributed by atoms with Gasteiger partial charge in [-0.15, -0.1) is 0 Å². The molecule has 0 bridgehead atoms. The number of nitrogens with zero attached hydrogens (tertiary/aromatic N) is 4. The van der Waals surface area contributed by atoms with Gasteiger partial charge in [0.2, 0.25) is 5.91 Å². The fourth-order valence-electron chi connectivity index (χ4n) is 4.42. The van der Waals surface area contributed by atoms with Gasteiger partial charge in [0.25, 0.3) is 0 Å². The van der Waals surface area contributed by atoms with Gasteiger partial charge in [0.15, 0.2) is 0 Å². The van der Waals surface area contributed by atoms with E-state index in [-0.39, 0.29) is 0 Å². The van der Waals surface area contributed by atoms with Gasteiger partial charge in [0, 0.05) is 69.9 Å². The quantitative estimate of drug-likeness (QED) is 0.604. The maximum atomic E-state index is 12.8. The van der Waals surface area contributed by atoms with Crippen LogP contribution in [0, 0.1) is 0 Å². The zero-order valence-electron chi connectivity index (χ0n) is 18.3. The lowest BCUT2D eigenvalue weighted by Gasteiger charge is -2.38. The Balaban J connectivity index is 1.14. The molecule has 2 aromatic rings. The third-order valence-corrected chi connectivity index (χ3v) is 7.23. The minimum Gasteiger partial charge on any atom is -0.339 e. The van der Waals surface area contributed by atoms with Crippen molar-refractivity contribution in [2.24, 2.45) is 0 Å². The van der Waals surface area contributed by atoms with E-state index in [2.05, 4.69) is 84.1 Å². The summed E-state index contributed by atoms with van der Waals surface area (Å²) < 4.78 is 1.16. The van der Waals surface area contributed by atoms with Gasteiger partial charge >= 0.3 is 0 Å². The lowest BCUT2D eigenvalue weighted by atomic mass is 10.1. The van der Waals surface area contributed by atoms with E-state index in [0.717, 1.165) is 76.3 Å². The van der Waals surface area contributed by atoms with Gasteiger partial charge in [0.05, 0.1) is 6.54 Å². The van der Waals surface area contributed by atoms with Crippen molar-refractivity contribution in [2.75, 3.05) is 65.4 Å². The van der Waals surface area contributed by atoms with Crippen molar-refractivity contribution in [3.05, 3.63) is 70.2 Å². The van der Waals surface area contributed by atoms with Crippen LogP contribution in [0.3, 0.4) is 0 Å². The zero-order valence-corrected chi connectivity index (χ0v) is 19.8. The van der Waals surface area contributed by atoms with E-state index in [4.69, 9.17) is 0 Å². The number of carbonyl (C=O) groups excluding carboxylic acids is 1. The predicted octanol–water partition coefficient (Wildman–Crippen LogP) is 2.95. The molecule has 0 spiro atoms. The molecule has 0 aromatic heterocycles. The van der Waals surface area contributed by atoms with Crippen LogP contribution in [0.2, 0.25) is 0 Å². The third-order valence-electron chi connectivity index (χ3n) is 6.46. The molecular formula is C25H33BrN4O. The Morgan fingerprint density at radius 2 is 1.35 bits per heavy atom. The molecule has 31 heavy (non-hydrogen) atoms. The molecule has 0 unspecified atom stereocenters. The normalized spacial score (nSPS) is 18.9. The Labute approximate surface area is 194 Å². The highest BCUT2D eigenvalue weighted by Gasteiger charge is 2.25. The fraction of sp³-hybridized carbons (Fsp3) is 0.480. The van der Waals surface area contributed by atoms with Crippen molar-refractivity contribution >= 4 is 21.8 Å². The van der Waals surface area contributed by atoms with Gasteiger partial charge in [-0.1, -0.05) is 64.5 Å². The molecular weight excluding hydrogens is 452 g/mol. The minimum atomic E-state index is 0.290. The predicted molar refractivity (Wildman–Crippen MR) is 129 cm³/mol. The monoisotopic (exact) mass is 484 g/mol. The average molecular weight is 485 g/mol. The molecule has 0 saturated carbocycles. The summed E-state index contributed by atoms with van der Waals surface area (Å²) in [6, 6.07) is 19.1. The summed E-state index contributed by atoms with van der Waals surface area (Å²) in [5, 5.41) is 0. The second-order valence-electron chi connectivity index (χ2n) is 8.60. The van der Waals surface area contributed by atoms with Crippen LogP contribution in [0.5, 0.6) is 0 Å². The number of hydrogen-bond acceptors (Lipinski definition) is 4.